The van der Waals surface area contributed by atoms with E-state index >= 15 is 0 Å². The van der Waals surface area contributed by atoms with Crippen LogP contribution >= 0.6 is 0 Å². The van der Waals surface area contributed by atoms with Crippen molar-refractivity contribution >= 4 is 23.3 Å². The molecule has 0 unspecified atom stereocenters. The van der Waals surface area contributed by atoms with Gasteiger partial charge in [0.25, 0.3) is 0 Å². The van der Waals surface area contributed by atoms with Crippen LogP contribution in [0.25, 0.3) is 0 Å². The van der Waals surface area contributed by atoms with Crippen LogP contribution in [0.3, 0.4) is 0 Å². The number of carbonyl (C=O) groups excluding carboxylic acids is 1. The molecule has 2 aromatic rings. The van der Waals surface area contributed by atoms with Crippen LogP contribution in [-0.2, 0) is 22.6 Å². The summed E-state index contributed by atoms with van der Waals surface area (Å²) in [5.74, 6) is -1.45. The monoisotopic (exact) mass is 429 g/mol. The second-order valence-electron chi connectivity index (χ2n) is 7.29. The fraction of sp³-hybridized carbons (Fsp3) is 0.450. The van der Waals surface area contributed by atoms with Gasteiger partial charge in [-0.1, -0.05) is 24.3 Å². The molecule has 0 saturated carbocycles. The van der Waals surface area contributed by atoms with Crippen molar-refractivity contribution in [3.8, 4) is 6.01 Å². The van der Waals surface area contributed by atoms with Crippen molar-refractivity contribution in [2.75, 3.05) is 36.9 Å². The summed E-state index contributed by atoms with van der Waals surface area (Å²) < 4.78 is 4.99. The SMILES string of the molecule is CCOC(=O)CN(Cc1cccc(CN2CCCC2)c1)c1nc([O-])nc(N)c1[N+](=O)[O-]. The summed E-state index contributed by atoms with van der Waals surface area (Å²) in [5.41, 5.74) is 6.90. The molecule has 31 heavy (non-hydrogen) atoms. The van der Waals surface area contributed by atoms with Gasteiger partial charge < -0.3 is 20.5 Å². The Morgan fingerprint density at radius 3 is 2.68 bits per heavy atom. The number of anilines is 2. The molecule has 11 heteroatoms. The fourth-order valence-corrected chi connectivity index (χ4v) is 3.65. The lowest BCUT2D eigenvalue weighted by molar-refractivity contribution is -0.384. The van der Waals surface area contributed by atoms with E-state index in [1.54, 1.807) is 6.92 Å². The molecule has 2 heterocycles. The number of nitrogens with two attached hydrogens (primary N) is 1. The van der Waals surface area contributed by atoms with Crippen molar-refractivity contribution < 1.29 is 19.6 Å². The number of rotatable bonds is 9. The van der Waals surface area contributed by atoms with Crippen LogP contribution in [0.5, 0.6) is 6.01 Å². The molecule has 11 nitrogen and oxygen atoms in total. The van der Waals surface area contributed by atoms with Crippen molar-refractivity contribution in [3.05, 3.63) is 45.5 Å². The number of likely N-dealkylation sites (tertiary alicyclic amines) is 1. The van der Waals surface area contributed by atoms with Gasteiger partial charge in [0.15, 0.2) is 0 Å². The lowest BCUT2D eigenvalue weighted by atomic mass is 10.1. The third-order valence-electron chi connectivity index (χ3n) is 4.95. The molecule has 0 bridgehead atoms. The Labute approximate surface area is 179 Å². The largest absolute Gasteiger partial charge is 0.844 e. The van der Waals surface area contributed by atoms with Gasteiger partial charge >= 0.3 is 11.7 Å². The molecule has 0 amide bonds. The van der Waals surface area contributed by atoms with Gasteiger partial charge in [0.1, 0.15) is 6.54 Å². The Kier molecular flexibility index (Phi) is 7.19. The summed E-state index contributed by atoms with van der Waals surface area (Å²) in [5, 5.41) is 23.4. The maximum absolute atomic E-state index is 12.2. The molecule has 2 N–H and O–H groups in total. The van der Waals surface area contributed by atoms with Gasteiger partial charge in [-0.15, -0.1) is 0 Å². The van der Waals surface area contributed by atoms with E-state index < -0.39 is 28.4 Å². The third kappa shape index (κ3) is 5.79. The number of hydrogen-bond acceptors (Lipinski definition) is 10. The summed E-state index contributed by atoms with van der Waals surface area (Å²) in [6.45, 7) is 4.49. The Morgan fingerprint density at radius 1 is 1.29 bits per heavy atom. The van der Waals surface area contributed by atoms with Crippen LogP contribution in [-0.4, -0.2) is 52.0 Å². The minimum absolute atomic E-state index is 0.101. The first-order valence-electron chi connectivity index (χ1n) is 10.1. The minimum atomic E-state index is -0.963. The second kappa shape index (κ2) is 10.0. The van der Waals surface area contributed by atoms with E-state index in [-0.39, 0.29) is 25.5 Å². The lowest BCUT2D eigenvalue weighted by Crippen LogP contribution is -2.32. The first-order chi connectivity index (χ1) is 14.9. The summed E-state index contributed by atoms with van der Waals surface area (Å²) >= 11 is 0. The van der Waals surface area contributed by atoms with Gasteiger partial charge in [-0.3, -0.25) is 19.8 Å². The van der Waals surface area contributed by atoms with Crippen molar-refractivity contribution in [2.45, 2.75) is 32.9 Å². The average Bonchev–Trinajstić information content (AvgIpc) is 3.20. The average molecular weight is 429 g/mol. The van der Waals surface area contributed by atoms with E-state index in [9.17, 15) is 20.0 Å². The number of carbonyl (C=O) groups is 1. The van der Waals surface area contributed by atoms with E-state index in [0.29, 0.717) is 0 Å². The number of hydrogen-bond donors (Lipinski definition) is 1. The molecule has 1 aliphatic rings. The van der Waals surface area contributed by atoms with Crippen molar-refractivity contribution in [3.63, 3.8) is 0 Å². The van der Waals surface area contributed by atoms with Crippen LogP contribution < -0.4 is 15.7 Å². The van der Waals surface area contributed by atoms with Crippen LogP contribution in [0, 0.1) is 10.1 Å². The van der Waals surface area contributed by atoms with Crippen LogP contribution in [0.4, 0.5) is 17.3 Å². The molecular weight excluding hydrogens is 404 g/mol. The molecule has 166 valence electrons. The van der Waals surface area contributed by atoms with Gasteiger partial charge in [-0.2, -0.15) is 0 Å². The zero-order valence-corrected chi connectivity index (χ0v) is 17.3. The minimum Gasteiger partial charge on any atom is -0.844 e. The zero-order chi connectivity index (χ0) is 22.4. The summed E-state index contributed by atoms with van der Waals surface area (Å²) in [7, 11) is 0. The van der Waals surface area contributed by atoms with Crippen LogP contribution in [0.15, 0.2) is 24.3 Å². The van der Waals surface area contributed by atoms with Crippen molar-refractivity contribution in [1.29, 1.82) is 0 Å². The molecule has 0 radical (unpaired) electrons. The molecule has 1 aromatic heterocycles. The highest BCUT2D eigenvalue weighted by molar-refractivity contribution is 5.78. The van der Waals surface area contributed by atoms with Gasteiger partial charge in [-0.05, 0) is 44.0 Å². The Bertz CT molecular complexity index is 948. The van der Waals surface area contributed by atoms with Gasteiger partial charge in [0.2, 0.25) is 11.6 Å². The quantitative estimate of drug-likeness (QED) is 0.350. The number of ether oxygens (including phenoxy) is 1. The molecule has 0 atom stereocenters. The predicted molar refractivity (Wildman–Crippen MR) is 111 cm³/mol. The van der Waals surface area contributed by atoms with E-state index in [1.165, 1.54) is 17.7 Å². The molecule has 1 aliphatic heterocycles. The molecule has 1 aromatic carbocycles. The highest BCUT2D eigenvalue weighted by Crippen LogP contribution is 2.32. The van der Waals surface area contributed by atoms with Gasteiger partial charge in [-0.25, -0.2) is 9.97 Å². The predicted octanol–water partition coefficient (Wildman–Crippen LogP) is 1.21. The number of esters is 1. The number of nitrogen functional groups attached to an aromatic ring is 1. The van der Waals surface area contributed by atoms with Crippen molar-refractivity contribution in [1.82, 2.24) is 14.9 Å². The topological polar surface area (TPSA) is 151 Å². The van der Waals surface area contributed by atoms with Crippen LogP contribution in [0.2, 0.25) is 0 Å². The third-order valence-corrected chi connectivity index (χ3v) is 4.95. The highest BCUT2D eigenvalue weighted by atomic mass is 16.6. The van der Waals surface area contributed by atoms with E-state index in [1.807, 2.05) is 24.3 Å². The summed E-state index contributed by atoms with van der Waals surface area (Å²) in [6, 6.07) is 6.77. The lowest BCUT2D eigenvalue weighted by Gasteiger charge is -2.24. The summed E-state index contributed by atoms with van der Waals surface area (Å²) in [6.07, 6.45) is 2.37. The zero-order valence-electron chi connectivity index (χ0n) is 17.3. The fourth-order valence-electron chi connectivity index (χ4n) is 3.65. The van der Waals surface area contributed by atoms with E-state index in [0.717, 1.165) is 30.8 Å². The second-order valence-corrected chi connectivity index (χ2v) is 7.29. The summed E-state index contributed by atoms with van der Waals surface area (Å²) in [4.78, 5) is 33.7. The molecule has 0 aliphatic carbocycles. The van der Waals surface area contributed by atoms with Crippen molar-refractivity contribution in [2.24, 2.45) is 0 Å². The van der Waals surface area contributed by atoms with E-state index in [2.05, 4.69) is 14.9 Å². The molecule has 1 fully saturated rings. The first-order valence-corrected chi connectivity index (χ1v) is 10.1. The maximum Gasteiger partial charge on any atom is 0.353 e. The standard InChI is InChI=1S/C20H26N6O5/c1-2-31-16(27)13-25(19-17(26(29)30)18(21)22-20(28)23-19)12-15-7-5-6-14(10-15)11-24-8-3-4-9-24/h5-7,10H,2-4,8-9,11-13H2,1H3,(H3,21,22,23,28)/p-1. The smallest absolute Gasteiger partial charge is 0.353 e. The number of benzene rings is 1. The molecule has 0 spiro atoms. The molecule has 3 rings (SSSR count). The Morgan fingerprint density at radius 2 is 2.00 bits per heavy atom. The Hall–Kier alpha value is -3.47. The number of nitro groups is 1. The van der Waals surface area contributed by atoms with Crippen LogP contribution in [0.1, 0.15) is 30.9 Å². The maximum atomic E-state index is 12.2. The Balaban J connectivity index is 1.92. The number of nitrogens with zero attached hydrogens (tertiary/aromatic N) is 5. The van der Waals surface area contributed by atoms with Gasteiger partial charge in [0, 0.05) is 13.1 Å². The van der Waals surface area contributed by atoms with Gasteiger partial charge in [0.05, 0.1) is 17.5 Å². The van der Waals surface area contributed by atoms with E-state index in [4.69, 9.17) is 10.5 Å². The first kappa shape index (κ1) is 22.2. The highest BCUT2D eigenvalue weighted by Gasteiger charge is 2.28. The molecular formula is C20H25N6O5-. The molecule has 1 saturated heterocycles. The normalized spacial score (nSPS) is 13.8. The number of aromatic nitrogens is 2.